The van der Waals surface area contributed by atoms with Gasteiger partial charge in [-0.05, 0) is 19.5 Å². The van der Waals surface area contributed by atoms with E-state index < -0.39 is 0 Å². The molecule has 0 unspecified atom stereocenters. The van der Waals surface area contributed by atoms with Crippen LogP contribution < -0.4 is 5.73 Å². The third-order valence-corrected chi connectivity index (χ3v) is 2.08. The minimum atomic E-state index is 0.642. The van der Waals surface area contributed by atoms with Gasteiger partial charge >= 0.3 is 0 Å². The molecular weight excluding hydrogens is 164 g/mol. The Morgan fingerprint density at radius 1 is 1.54 bits per heavy atom. The van der Waals surface area contributed by atoms with Crippen LogP contribution in [0.3, 0.4) is 0 Å². The Labute approximate surface area is 76.4 Å². The van der Waals surface area contributed by atoms with E-state index in [2.05, 4.69) is 9.97 Å². The lowest BCUT2D eigenvalue weighted by Crippen LogP contribution is -2.06. The van der Waals surface area contributed by atoms with E-state index in [0.29, 0.717) is 6.54 Å². The molecule has 0 spiro atoms. The highest BCUT2D eigenvalue weighted by Crippen LogP contribution is 2.09. The number of hydrogen-bond acceptors (Lipinski definition) is 3. The molecule has 0 fully saturated rings. The van der Waals surface area contributed by atoms with Crippen LogP contribution in [0.2, 0.25) is 0 Å². The van der Waals surface area contributed by atoms with Gasteiger partial charge in [0, 0.05) is 24.5 Å². The van der Waals surface area contributed by atoms with Gasteiger partial charge in [0.25, 0.3) is 0 Å². The summed E-state index contributed by atoms with van der Waals surface area (Å²) in [6, 6.07) is 1.90. The van der Waals surface area contributed by atoms with Crippen LogP contribution in [0, 0.1) is 6.92 Å². The van der Waals surface area contributed by atoms with E-state index >= 15 is 0 Å². The molecule has 2 aromatic heterocycles. The largest absolute Gasteiger partial charge is 0.330 e. The van der Waals surface area contributed by atoms with Gasteiger partial charge in [0.15, 0.2) is 0 Å². The Kier molecular flexibility index (Phi) is 1.98. The van der Waals surface area contributed by atoms with Crippen LogP contribution in [0.1, 0.15) is 11.4 Å². The summed E-state index contributed by atoms with van der Waals surface area (Å²) >= 11 is 0. The highest BCUT2D eigenvalue weighted by Gasteiger charge is 2.06. The van der Waals surface area contributed by atoms with E-state index in [1.54, 1.807) is 6.20 Å². The van der Waals surface area contributed by atoms with Crippen molar-refractivity contribution in [2.45, 2.75) is 13.3 Å². The van der Waals surface area contributed by atoms with Crippen LogP contribution in [-0.4, -0.2) is 20.9 Å². The van der Waals surface area contributed by atoms with Crippen LogP contribution in [0.25, 0.3) is 5.78 Å². The summed E-state index contributed by atoms with van der Waals surface area (Å²) in [6.45, 7) is 2.63. The van der Waals surface area contributed by atoms with E-state index in [0.717, 1.165) is 23.6 Å². The number of nitrogens with zero attached hydrogens (tertiary/aromatic N) is 3. The van der Waals surface area contributed by atoms with Crippen molar-refractivity contribution in [3.63, 3.8) is 0 Å². The average Bonchev–Trinajstić information content (AvgIpc) is 2.44. The van der Waals surface area contributed by atoms with Crippen LogP contribution in [0.5, 0.6) is 0 Å². The van der Waals surface area contributed by atoms with Gasteiger partial charge in [-0.25, -0.2) is 9.97 Å². The van der Waals surface area contributed by atoms with Gasteiger partial charge in [-0.1, -0.05) is 0 Å². The Bertz CT molecular complexity index is 418. The van der Waals surface area contributed by atoms with Crippen molar-refractivity contribution in [1.29, 1.82) is 0 Å². The topological polar surface area (TPSA) is 56.2 Å². The van der Waals surface area contributed by atoms with E-state index in [1.807, 2.05) is 23.6 Å². The standard InChI is InChI=1S/C9H12N4/c1-7-8(3-4-10)13-6-2-5-11-9(13)12-7/h2,5-6H,3-4,10H2,1H3. The van der Waals surface area contributed by atoms with Crippen molar-refractivity contribution in [1.82, 2.24) is 14.4 Å². The molecule has 0 saturated carbocycles. The lowest BCUT2D eigenvalue weighted by molar-refractivity contribution is 0.889. The number of nitrogens with two attached hydrogens (primary N) is 1. The van der Waals surface area contributed by atoms with Gasteiger partial charge in [0.2, 0.25) is 5.78 Å². The molecule has 2 N–H and O–H groups in total. The molecule has 0 bridgehead atoms. The number of hydrogen-bond donors (Lipinski definition) is 1. The normalized spacial score (nSPS) is 10.9. The van der Waals surface area contributed by atoms with Gasteiger partial charge < -0.3 is 5.73 Å². The molecule has 4 nitrogen and oxygen atoms in total. The predicted molar refractivity (Wildman–Crippen MR) is 50.5 cm³/mol. The summed E-state index contributed by atoms with van der Waals surface area (Å²) in [5.41, 5.74) is 7.69. The number of imidazole rings is 1. The van der Waals surface area contributed by atoms with Crippen LogP contribution in [0.4, 0.5) is 0 Å². The predicted octanol–water partition coefficient (Wildman–Crippen LogP) is 0.539. The van der Waals surface area contributed by atoms with E-state index in [4.69, 9.17) is 5.73 Å². The zero-order valence-electron chi connectivity index (χ0n) is 7.57. The molecule has 2 rings (SSSR count). The summed E-state index contributed by atoms with van der Waals surface area (Å²) < 4.78 is 1.99. The number of aromatic nitrogens is 3. The monoisotopic (exact) mass is 176 g/mol. The molecule has 0 saturated heterocycles. The Balaban J connectivity index is 2.64. The molecule has 13 heavy (non-hydrogen) atoms. The van der Waals surface area contributed by atoms with Crippen LogP contribution in [-0.2, 0) is 6.42 Å². The van der Waals surface area contributed by atoms with Crippen molar-refractivity contribution in [3.05, 3.63) is 29.8 Å². The molecule has 4 heteroatoms. The lowest BCUT2D eigenvalue weighted by Gasteiger charge is -1.98. The van der Waals surface area contributed by atoms with Gasteiger partial charge in [0.05, 0.1) is 5.69 Å². The Hall–Kier alpha value is -1.42. The lowest BCUT2D eigenvalue weighted by atomic mass is 10.2. The third kappa shape index (κ3) is 1.29. The van der Waals surface area contributed by atoms with Crippen LogP contribution in [0.15, 0.2) is 18.5 Å². The maximum absolute atomic E-state index is 5.52. The van der Waals surface area contributed by atoms with E-state index in [1.165, 1.54) is 0 Å². The fourth-order valence-corrected chi connectivity index (χ4v) is 1.48. The maximum Gasteiger partial charge on any atom is 0.234 e. The fraction of sp³-hybridized carbons (Fsp3) is 0.333. The molecule has 0 aliphatic rings. The highest BCUT2D eigenvalue weighted by molar-refractivity contribution is 5.34. The summed E-state index contributed by atoms with van der Waals surface area (Å²) in [5, 5.41) is 0. The maximum atomic E-state index is 5.52. The summed E-state index contributed by atoms with van der Waals surface area (Å²) in [7, 11) is 0. The van der Waals surface area contributed by atoms with Gasteiger partial charge in [0.1, 0.15) is 0 Å². The first-order valence-electron chi connectivity index (χ1n) is 4.31. The molecule has 2 heterocycles. The minimum Gasteiger partial charge on any atom is -0.330 e. The van der Waals surface area contributed by atoms with E-state index in [-0.39, 0.29) is 0 Å². The minimum absolute atomic E-state index is 0.642. The van der Waals surface area contributed by atoms with E-state index in [9.17, 15) is 0 Å². The van der Waals surface area contributed by atoms with Crippen molar-refractivity contribution >= 4 is 5.78 Å². The molecule has 0 aliphatic heterocycles. The Morgan fingerprint density at radius 3 is 3.15 bits per heavy atom. The summed E-state index contributed by atoms with van der Waals surface area (Å²) in [4.78, 5) is 8.48. The van der Waals surface area contributed by atoms with Crippen molar-refractivity contribution in [3.8, 4) is 0 Å². The third-order valence-electron chi connectivity index (χ3n) is 2.08. The average molecular weight is 176 g/mol. The molecule has 0 atom stereocenters. The van der Waals surface area contributed by atoms with Gasteiger partial charge in [-0.3, -0.25) is 4.40 Å². The molecule has 0 aliphatic carbocycles. The number of aryl methyl sites for hydroxylation is 1. The first-order valence-corrected chi connectivity index (χ1v) is 4.31. The van der Waals surface area contributed by atoms with Crippen molar-refractivity contribution in [2.24, 2.45) is 5.73 Å². The number of rotatable bonds is 2. The summed E-state index contributed by atoms with van der Waals surface area (Å²) in [6.07, 6.45) is 4.56. The quantitative estimate of drug-likeness (QED) is 0.726. The first-order chi connectivity index (χ1) is 6.33. The highest BCUT2D eigenvalue weighted by atomic mass is 15.1. The Morgan fingerprint density at radius 2 is 2.38 bits per heavy atom. The second-order valence-electron chi connectivity index (χ2n) is 2.97. The fourth-order valence-electron chi connectivity index (χ4n) is 1.48. The molecule has 0 radical (unpaired) electrons. The zero-order chi connectivity index (χ0) is 9.26. The molecule has 0 aromatic carbocycles. The number of fused-ring (bicyclic) bond motifs is 1. The van der Waals surface area contributed by atoms with Crippen LogP contribution >= 0.6 is 0 Å². The van der Waals surface area contributed by atoms with Gasteiger partial charge in [-0.2, -0.15) is 0 Å². The molecule has 0 amide bonds. The second kappa shape index (κ2) is 3.14. The smallest absolute Gasteiger partial charge is 0.234 e. The zero-order valence-corrected chi connectivity index (χ0v) is 7.57. The molecule has 68 valence electrons. The molecule has 2 aromatic rings. The van der Waals surface area contributed by atoms with Gasteiger partial charge in [-0.15, -0.1) is 0 Å². The SMILES string of the molecule is Cc1nc2ncccn2c1CCN. The van der Waals surface area contributed by atoms with Crippen molar-refractivity contribution in [2.75, 3.05) is 6.54 Å². The molecular formula is C9H12N4. The summed E-state index contributed by atoms with van der Waals surface area (Å²) in [5.74, 6) is 0.753. The second-order valence-corrected chi connectivity index (χ2v) is 2.97. The van der Waals surface area contributed by atoms with Crippen molar-refractivity contribution < 1.29 is 0 Å². The first kappa shape index (κ1) is 8.19.